The Kier molecular flexibility index (Phi) is 4.66. The zero-order valence-electron chi connectivity index (χ0n) is 13.6. The Morgan fingerprint density at radius 3 is 2.71 bits per heavy atom. The SMILES string of the molecule is COc1coc(C(=O)N2CC(C)OCC2c2ccccc2)cc1=O. The summed E-state index contributed by atoms with van der Waals surface area (Å²) in [5.41, 5.74) is 0.596. The minimum Gasteiger partial charge on any atom is -0.490 e. The summed E-state index contributed by atoms with van der Waals surface area (Å²) in [5, 5.41) is 0. The van der Waals surface area contributed by atoms with Crippen LogP contribution in [0.5, 0.6) is 5.75 Å². The Morgan fingerprint density at radius 2 is 2.04 bits per heavy atom. The molecular formula is C18H19NO5. The minimum absolute atomic E-state index is 0.00386. The Hall–Kier alpha value is -2.60. The molecule has 3 rings (SSSR count). The van der Waals surface area contributed by atoms with Gasteiger partial charge in [-0.05, 0) is 12.5 Å². The summed E-state index contributed by atoms with van der Waals surface area (Å²) in [4.78, 5) is 26.5. The second-order valence-corrected chi connectivity index (χ2v) is 5.70. The molecule has 1 fully saturated rings. The fourth-order valence-corrected chi connectivity index (χ4v) is 2.78. The summed E-state index contributed by atoms with van der Waals surface area (Å²) in [5.74, 6) is -0.268. The molecule has 0 spiro atoms. The average molecular weight is 329 g/mol. The summed E-state index contributed by atoms with van der Waals surface area (Å²) in [6.45, 7) is 2.73. The molecule has 126 valence electrons. The molecule has 6 heteroatoms. The number of nitrogens with zero attached hydrogens (tertiary/aromatic N) is 1. The van der Waals surface area contributed by atoms with Crippen LogP contribution in [-0.4, -0.2) is 37.2 Å². The van der Waals surface area contributed by atoms with Crippen molar-refractivity contribution in [3.05, 3.63) is 64.2 Å². The number of amides is 1. The molecule has 1 aliphatic rings. The van der Waals surface area contributed by atoms with E-state index in [0.717, 1.165) is 11.8 Å². The quantitative estimate of drug-likeness (QED) is 0.864. The maximum atomic E-state index is 12.9. The van der Waals surface area contributed by atoms with Crippen molar-refractivity contribution >= 4 is 5.91 Å². The smallest absolute Gasteiger partial charge is 0.290 e. The third-order valence-electron chi connectivity index (χ3n) is 4.04. The predicted molar refractivity (Wildman–Crippen MR) is 87.2 cm³/mol. The number of methoxy groups -OCH3 is 1. The normalized spacial score (nSPS) is 20.7. The number of morpholine rings is 1. The molecule has 0 bridgehead atoms. The monoisotopic (exact) mass is 329 g/mol. The van der Waals surface area contributed by atoms with E-state index in [-0.39, 0.29) is 35.0 Å². The number of hydrogen-bond acceptors (Lipinski definition) is 5. The second kappa shape index (κ2) is 6.88. The third-order valence-corrected chi connectivity index (χ3v) is 4.04. The molecular weight excluding hydrogens is 310 g/mol. The van der Waals surface area contributed by atoms with Gasteiger partial charge in [-0.25, -0.2) is 0 Å². The van der Waals surface area contributed by atoms with Crippen molar-refractivity contribution in [2.45, 2.75) is 19.1 Å². The zero-order chi connectivity index (χ0) is 17.1. The van der Waals surface area contributed by atoms with Gasteiger partial charge in [0.15, 0.2) is 5.76 Å². The Bertz CT molecular complexity index is 770. The van der Waals surface area contributed by atoms with Crippen molar-refractivity contribution < 1.29 is 18.7 Å². The van der Waals surface area contributed by atoms with Gasteiger partial charge in [-0.3, -0.25) is 9.59 Å². The summed E-state index contributed by atoms with van der Waals surface area (Å²) >= 11 is 0. The van der Waals surface area contributed by atoms with Crippen molar-refractivity contribution in [2.75, 3.05) is 20.3 Å². The van der Waals surface area contributed by atoms with Gasteiger partial charge in [0, 0.05) is 12.6 Å². The lowest BCUT2D eigenvalue weighted by atomic mass is 10.0. The van der Waals surface area contributed by atoms with E-state index in [1.807, 2.05) is 37.3 Å². The van der Waals surface area contributed by atoms with E-state index in [1.165, 1.54) is 13.2 Å². The zero-order valence-corrected chi connectivity index (χ0v) is 13.6. The van der Waals surface area contributed by atoms with Gasteiger partial charge in [0.1, 0.15) is 6.26 Å². The first-order valence-electron chi connectivity index (χ1n) is 7.74. The maximum absolute atomic E-state index is 12.9. The third kappa shape index (κ3) is 3.19. The van der Waals surface area contributed by atoms with Crippen molar-refractivity contribution in [1.82, 2.24) is 4.90 Å². The molecule has 2 atom stereocenters. The Balaban J connectivity index is 1.92. The first-order chi connectivity index (χ1) is 11.6. The molecule has 2 heterocycles. The van der Waals surface area contributed by atoms with Gasteiger partial charge in [-0.15, -0.1) is 0 Å². The number of ether oxygens (including phenoxy) is 2. The molecule has 0 aliphatic carbocycles. The van der Waals surface area contributed by atoms with Crippen LogP contribution in [-0.2, 0) is 4.74 Å². The van der Waals surface area contributed by atoms with Crippen LogP contribution >= 0.6 is 0 Å². The van der Waals surface area contributed by atoms with Crippen LogP contribution < -0.4 is 10.2 Å². The molecule has 1 amide bonds. The molecule has 2 aromatic rings. The fraction of sp³-hybridized carbons (Fsp3) is 0.333. The van der Waals surface area contributed by atoms with E-state index >= 15 is 0 Å². The summed E-state index contributed by atoms with van der Waals surface area (Å²) in [7, 11) is 1.38. The van der Waals surface area contributed by atoms with Crippen LogP contribution in [0.3, 0.4) is 0 Å². The fourth-order valence-electron chi connectivity index (χ4n) is 2.78. The lowest BCUT2D eigenvalue weighted by Crippen LogP contribution is -2.46. The average Bonchev–Trinajstić information content (AvgIpc) is 2.61. The standard InChI is InChI=1S/C18H19NO5/c1-12-9-19(14(10-23-12)13-6-4-3-5-7-13)18(21)16-8-15(20)17(22-2)11-24-16/h3-8,11-12,14H,9-10H2,1-2H3. The van der Waals surface area contributed by atoms with E-state index < -0.39 is 0 Å². The predicted octanol–water partition coefficient (Wildman–Crippen LogP) is 2.25. The van der Waals surface area contributed by atoms with Crippen molar-refractivity contribution in [1.29, 1.82) is 0 Å². The van der Waals surface area contributed by atoms with Gasteiger partial charge in [-0.2, -0.15) is 0 Å². The topological polar surface area (TPSA) is 69.0 Å². The van der Waals surface area contributed by atoms with Gasteiger partial charge >= 0.3 is 0 Å². The molecule has 0 saturated carbocycles. The molecule has 1 aliphatic heterocycles. The minimum atomic E-state index is -0.385. The molecule has 0 N–H and O–H groups in total. The van der Waals surface area contributed by atoms with E-state index in [4.69, 9.17) is 13.9 Å². The maximum Gasteiger partial charge on any atom is 0.290 e. The lowest BCUT2D eigenvalue weighted by Gasteiger charge is -2.38. The molecule has 1 aromatic heterocycles. The lowest BCUT2D eigenvalue weighted by molar-refractivity contribution is -0.0457. The Morgan fingerprint density at radius 1 is 1.29 bits per heavy atom. The first kappa shape index (κ1) is 16.3. The highest BCUT2D eigenvalue weighted by Gasteiger charge is 2.33. The number of rotatable bonds is 3. The molecule has 0 radical (unpaired) electrons. The molecule has 2 unspecified atom stereocenters. The summed E-state index contributed by atoms with van der Waals surface area (Å²) < 4.78 is 15.9. The van der Waals surface area contributed by atoms with Crippen LogP contribution in [0.15, 0.2) is 51.9 Å². The van der Waals surface area contributed by atoms with Gasteiger partial charge in [0.25, 0.3) is 5.91 Å². The Labute approximate surface area is 139 Å². The molecule has 6 nitrogen and oxygen atoms in total. The van der Waals surface area contributed by atoms with E-state index in [0.29, 0.717) is 13.2 Å². The van der Waals surface area contributed by atoms with Crippen molar-refractivity contribution in [3.8, 4) is 5.75 Å². The highest BCUT2D eigenvalue weighted by Crippen LogP contribution is 2.27. The van der Waals surface area contributed by atoms with Crippen LogP contribution in [0.25, 0.3) is 0 Å². The number of carbonyl (C=O) groups is 1. The summed E-state index contributed by atoms with van der Waals surface area (Å²) in [6, 6.07) is 10.6. The number of hydrogen-bond donors (Lipinski definition) is 0. The van der Waals surface area contributed by atoms with Gasteiger partial charge in [-0.1, -0.05) is 30.3 Å². The second-order valence-electron chi connectivity index (χ2n) is 5.70. The number of benzene rings is 1. The first-order valence-corrected chi connectivity index (χ1v) is 7.74. The van der Waals surface area contributed by atoms with Gasteiger partial charge in [0.2, 0.25) is 11.2 Å². The van der Waals surface area contributed by atoms with Gasteiger partial charge in [0.05, 0.1) is 25.9 Å². The van der Waals surface area contributed by atoms with Crippen LogP contribution in [0, 0.1) is 0 Å². The van der Waals surface area contributed by atoms with E-state index in [2.05, 4.69) is 0 Å². The van der Waals surface area contributed by atoms with E-state index in [9.17, 15) is 9.59 Å². The van der Waals surface area contributed by atoms with Crippen molar-refractivity contribution in [3.63, 3.8) is 0 Å². The van der Waals surface area contributed by atoms with Gasteiger partial charge < -0.3 is 18.8 Å². The highest BCUT2D eigenvalue weighted by atomic mass is 16.5. The van der Waals surface area contributed by atoms with Crippen LogP contribution in [0.1, 0.15) is 29.1 Å². The highest BCUT2D eigenvalue weighted by molar-refractivity contribution is 5.91. The number of carbonyl (C=O) groups excluding carboxylic acids is 1. The largest absolute Gasteiger partial charge is 0.490 e. The van der Waals surface area contributed by atoms with Crippen LogP contribution in [0.4, 0.5) is 0 Å². The molecule has 1 saturated heterocycles. The molecule has 1 aromatic carbocycles. The summed E-state index contributed by atoms with van der Waals surface area (Å²) in [6.07, 6.45) is 1.08. The van der Waals surface area contributed by atoms with Crippen molar-refractivity contribution in [2.24, 2.45) is 0 Å². The molecule has 24 heavy (non-hydrogen) atoms. The van der Waals surface area contributed by atoms with E-state index in [1.54, 1.807) is 4.90 Å². The van der Waals surface area contributed by atoms with Crippen LogP contribution in [0.2, 0.25) is 0 Å².